The largest absolute Gasteiger partial charge is 0.339 e. The van der Waals surface area contributed by atoms with Crippen molar-refractivity contribution in [2.45, 2.75) is 58.9 Å². The van der Waals surface area contributed by atoms with E-state index in [9.17, 15) is 0 Å². The number of aryl methyl sites for hydroxylation is 1. The van der Waals surface area contributed by atoms with Gasteiger partial charge in [-0.3, -0.25) is 0 Å². The second-order valence-electron chi connectivity index (χ2n) is 4.81. The minimum Gasteiger partial charge on any atom is -0.339 e. The lowest BCUT2D eigenvalue weighted by Gasteiger charge is -2.21. The monoisotopic (exact) mass is 225 g/mol. The second kappa shape index (κ2) is 5.43. The SMILES string of the molecule is CCC(N)(CC)c1noc(CCC(C)C)n1. The van der Waals surface area contributed by atoms with Crippen LogP contribution in [0.25, 0.3) is 0 Å². The molecule has 2 N–H and O–H groups in total. The molecule has 0 aliphatic carbocycles. The summed E-state index contributed by atoms with van der Waals surface area (Å²) < 4.78 is 5.22. The molecule has 0 spiro atoms. The van der Waals surface area contributed by atoms with E-state index in [0.717, 1.165) is 25.7 Å². The Morgan fingerprint density at radius 2 is 1.94 bits per heavy atom. The van der Waals surface area contributed by atoms with Crippen LogP contribution in [0.2, 0.25) is 0 Å². The Kier molecular flexibility index (Phi) is 4.47. The van der Waals surface area contributed by atoms with Gasteiger partial charge in [-0.1, -0.05) is 32.9 Å². The van der Waals surface area contributed by atoms with Gasteiger partial charge in [0.25, 0.3) is 0 Å². The molecule has 1 aromatic heterocycles. The average Bonchev–Trinajstić information content (AvgIpc) is 2.74. The zero-order chi connectivity index (χ0) is 12.2. The van der Waals surface area contributed by atoms with Crippen molar-refractivity contribution in [2.75, 3.05) is 0 Å². The van der Waals surface area contributed by atoms with Gasteiger partial charge in [0.05, 0.1) is 5.54 Å². The highest BCUT2D eigenvalue weighted by Gasteiger charge is 2.28. The van der Waals surface area contributed by atoms with Gasteiger partial charge < -0.3 is 10.3 Å². The summed E-state index contributed by atoms with van der Waals surface area (Å²) in [5.74, 6) is 2.01. The summed E-state index contributed by atoms with van der Waals surface area (Å²) in [6, 6.07) is 0. The van der Waals surface area contributed by atoms with Crippen molar-refractivity contribution in [2.24, 2.45) is 11.7 Å². The third kappa shape index (κ3) is 3.04. The van der Waals surface area contributed by atoms with E-state index in [-0.39, 0.29) is 0 Å². The summed E-state index contributed by atoms with van der Waals surface area (Å²) in [4.78, 5) is 4.39. The van der Waals surface area contributed by atoms with Crippen LogP contribution in [-0.4, -0.2) is 10.1 Å². The van der Waals surface area contributed by atoms with Gasteiger partial charge >= 0.3 is 0 Å². The molecule has 0 atom stereocenters. The normalized spacial score (nSPS) is 12.4. The molecule has 0 bridgehead atoms. The Balaban J connectivity index is 2.70. The molecular formula is C12H23N3O. The molecule has 16 heavy (non-hydrogen) atoms. The van der Waals surface area contributed by atoms with E-state index in [2.05, 4.69) is 24.0 Å². The zero-order valence-electron chi connectivity index (χ0n) is 10.8. The van der Waals surface area contributed by atoms with Gasteiger partial charge in [-0.25, -0.2) is 0 Å². The third-order valence-corrected chi connectivity index (χ3v) is 3.11. The first kappa shape index (κ1) is 13.2. The molecule has 0 aromatic carbocycles. The highest BCUT2D eigenvalue weighted by atomic mass is 16.5. The zero-order valence-corrected chi connectivity index (χ0v) is 10.8. The van der Waals surface area contributed by atoms with E-state index in [1.165, 1.54) is 0 Å². The molecule has 1 rings (SSSR count). The first-order chi connectivity index (χ1) is 7.51. The van der Waals surface area contributed by atoms with Crippen LogP contribution in [0.5, 0.6) is 0 Å². The summed E-state index contributed by atoms with van der Waals surface area (Å²) in [5, 5.41) is 4.00. The van der Waals surface area contributed by atoms with Crippen molar-refractivity contribution in [3.63, 3.8) is 0 Å². The number of hydrogen-bond donors (Lipinski definition) is 1. The number of nitrogens with zero attached hydrogens (tertiary/aromatic N) is 2. The molecule has 0 aliphatic heterocycles. The fraction of sp³-hybridized carbons (Fsp3) is 0.833. The smallest absolute Gasteiger partial charge is 0.226 e. The minimum atomic E-state index is -0.431. The van der Waals surface area contributed by atoms with Crippen molar-refractivity contribution in [1.29, 1.82) is 0 Å². The van der Waals surface area contributed by atoms with E-state index >= 15 is 0 Å². The van der Waals surface area contributed by atoms with Gasteiger partial charge in [0, 0.05) is 6.42 Å². The van der Waals surface area contributed by atoms with Crippen LogP contribution in [-0.2, 0) is 12.0 Å². The average molecular weight is 225 g/mol. The first-order valence-corrected chi connectivity index (χ1v) is 6.13. The molecule has 0 aliphatic rings. The molecule has 0 fully saturated rings. The summed E-state index contributed by atoms with van der Waals surface area (Å²) in [5.41, 5.74) is 5.77. The molecule has 1 aromatic rings. The second-order valence-corrected chi connectivity index (χ2v) is 4.81. The molecule has 4 nitrogen and oxygen atoms in total. The van der Waals surface area contributed by atoms with Gasteiger partial charge in [-0.05, 0) is 25.2 Å². The highest BCUT2D eigenvalue weighted by molar-refractivity contribution is 5.02. The molecule has 0 amide bonds. The van der Waals surface area contributed by atoms with E-state index in [1.54, 1.807) is 0 Å². The Morgan fingerprint density at radius 1 is 1.31 bits per heavy atom. The van der Waals surface area contributed by atoms with E-state index in [1.807, 2.05) is 13.8 Å². The van der Waals surface area contributed by atoms with Crippen molar-refractivity contribution in [3.8, 4) is 0 Å². The fourth-order valence-corrected chi connectivity index (χ4v) is 1.54. The van der Waals surface area contributed by atoms with E-state index in [4.69, 9.17) is 10.3 Å². The molecule has 1 heterocycles. The maximum atomic E-state index is 6.20. The Hall–Kier alpha value is -0.900. The van der Waals surface area contributed by atoms with Crippen LogP contribution in [0, 0.1) is 5.92 Å². The summed E-state index contributed by atoms with van der Waals surface area (Å²) in [6.45, 7) is 8.46. The standard InChI is InChI=1S/C12H23N3O/c1-5-12(13,6-2)11-14-10(16-15-11)8-7-9(3)4/h9H,5-8,13H2,1-4H3. The quantitative estimate of drug-likeness (QED) is 0.808. The van der Waals surface area contributed by atoms with Gasteiger partial charge in [-0.15, -0.1) is 0 Å². The lowest BCUT2D eigenvalue weighted by Crippen LogP contribution is -2.36. The molecule has 92 valence electrons. The third-order valence-electron chi connectivity index (χ3n) is 3.11. The first-order valence-electron chi connectivity index (χ1n) is 6.13. The van der Waals surface area contributed by atoms with Crippen LogP contribution in [0.4, 0.5) is 0 Å². The van der Waals surface area contributed by atoms with Crippen LogP contribution in [0.15, 0.2) is 4.52 Å². The number of nitrogens with two attached hydrogens (primary N) is 1. The van der Waals surface area contributed by atoms with Crippen LogP contribution >= 0.6 is 0 Å². The lowest BCUT2D eigenvalue weighted by atomic mass is 9.93. The predicted molar refractivity (Wildman–Crippen MR) is 63.9 cm³/mol. The summed E-state index contributed by atoms with van der Waals surface area (Å²) >= 11 is 0. The predicted octanol–water partition coefficient (Wildman–Crippen LogP) is 2.63. The van der Waals surface area contributed by atoms with E-state index in [0.29, 0.717) is 17.6 Å². The van der Waals surface area contributed by atoms with Gasteiger partial charge in [0.2, 0.25) is 5.89 Å². The molecule has 0 saturated carbocycles. The molecule has 0 radical (unpaired) electrons. The van der Waals surface area contributed by atoms with Crippen LogP contribution in [0.3, 0.4) is 0 Å². The van der Waals surface area contributed by atoms with Gasteiger partial charge in [-0.2, -0.15) is 4.98 Å². The summed E-state index contributed by atoms with van der Waals surface area (Å²) in [6.07, 6.45) is 3.56. The number of hydrogen-bond acceptors (Lipinski definition) is 4. The van der Waals surface area contributed by atoms with Crippen molar-refractivity contribution >= 4 is 0 Å². The maximum Gasteiger partial charge on any atom is 0.226 e. The Labute approximate surface area is 97.6 Å². The highest BCUT2D eigenvalue weighted by Crippen LogP contribution is 2.23. The van der Waals surface area contributed by atoms with Gasteiger partial charge in [0.1, 0.15) is 0 Å². The Morgan fingerprint density at radius 3 is 2.44 bits per heavy atom. The number of aromatic nitrogens is 2. The van der Waals surface area contributed by atoms with Gasteiger partial charge in [0.15, 0.2) is 5.82 Å². The van der Waals surface area contributed by atoms with E-state index < -0.39 is 5.54 Å². The molecule has 0 unspecified atom stereocenters. The molecule has 4 heteroatoms. The topological polar surface area (TPSA) is 64.9 Å². The molecular weight excluding hydrogens is 202 g/mol. The minimum absolute atomic E-state index is 0.431. The van der Waals surface area contributed by atoms with Crippen LogP contribution < -0.4 is 5.73 Å². The van der Waals surface area contributed by atoms with Crippen molar-refractivity contribution in [1.82, 2.24) is 10.1 Å². The molecule has 0 saturated heterocycles. The number of rotatable bonds is 6. The van der Waals surface area contributed by atoms with Crippen molar-refractivity contribution in [3.05, 3.63) is 11.7 Å². The van der Waals surface area contributed by atoms with Crippen LogP contribution in [0.1, 0.15) is 58.7 Å². The lowest BCUT2D eigenvalue weighted by molar-refractivity contribution is 0.332. The summed E-state index contributed by atoms with van der Waals surface area (Å²) in [7, 11) is 0. The maximum absolute atomic E-state index is 6.20. The Bertz CT molecular complexity index is 316. The fourth-order valence-electron chi connectivity index (χ4n) is 1.54. The van der Waals surface area contributed by atoms with Crippen molar-refractivity contribution < 1.29 is 4.52 Å².